The molecule has 0 aromatic carbocycles. The third kappa shape index (κ3) is 2.50. The van der Waals surface area contributed by atoms with Gasteiger partial charge in [-0.2, -0.15) is 0 Å². The van der Waals surface area contributed by atoms with Crippen LogP contribution in [0.2, 0.25) is 0 Å². The van der Waals surface area contributed by atoms with Gasteiger partial charge in [0.25, 0.3) is 0 Å². The first-order valence-corrected chi connectivity index (χ1v) is 3.04. The Morgan fingerprint density at radius 1 is 1.86 bits per heavy atom. The van der Waals surface area contributed by atoms with Gasteiger partial charge >= 0.3 is 18.9 Å². The van der Waals surface area contributed by atoms with E-state index < -0.39 is 0 Å². The van der Waals surface area contributed by atoms with Gasteiger partial charge in [-0.3, -0.25) is 11.3 Å². The smallest absolute Gasteiger partial charge is 0.379 e. The van der Waals surface area contributed by atoms with Gasteiger partial charge in [0, 0.05) is 0 Å². The van der Waals surface area contributed by atoms with Crippen LogP contribution >= 0.6 is 27.3 Å². The molecule has 0 saturated heterocycles. The molecule has 0 radical (unpaired) electrons. The van der Waals surface area contributed by atoms with E-state index >= 15 is 0 Å². The molecule has 32 valence electrons. The molecular weight excluding hydrogens is 169 g/mol. The van der Waals surface area contributed by atoms with Gasteiger partial charge < -0.3 is 4.98 Å². The zero-order valence-corrected chi connectivity index (χ0v) is 6.21. The van der Waals surface area contributed by atoms with Crippen LogP contribution in [0.15, 0.2) is 9.98 Å². The molecule has 4 heteroatoms. The Morgan fingerprint density at radius 3 is 2.71 bits per heavy atom. The van der Waals surface area contributed by atoms with Gasteiger partial charge in [-0.15, -0.1) is 21.3 Å². The van der Waals surface area contributed by atoms with Crippen molar-refractivity contribution in [2.75, 3.05) is 0 Å². The summed E-state index contributed by atoms with van der Waals surface area (Å²) >= 11 is 4.61. The van der Waals surface area contributed by atoms with Crippen molar-refractivity contribution in [1.82, 2.24) is 4.98 Å². The summed E-state index contributed by atoms with van der Waals surface area (Å²) in [6.07, 6.45) is 0. The normalized spacial score (nSPS) is 7.57. The summed E-state index contributed by atoms with van der Waals surface area (Å²) < 4.78 is 0.868. The van der Waals surface area contributed by atoms with E-state index in [9.17, 15) is 0 Å². The standard InChI is InChI=1S/C3HBrNS.Li/c4-3-1-6-2-5-3;/h1H;/q-1;+1. The van der Waals surface area contributed by atoms with Crippen LogP contribution in [0, 0.1) is 5.51 Å². The van der Waals surface area contributed by atoms with Crippen molar-refractivity contribution in [1.29, 1.82) is 0 Å². The minimum absolute atomic E-state index is 0. The summed E-state index contributed by atoms with van der Waals surface area (Å²) in [7, 11) is 0. The second-order valence-corrected chi connectivity index (χ2v) is 2.23. The molecule has 0 spiro atoms. The van der Waals surface area contributed by atoms with E-state index in [1.807, 2.05) is 5.38 Å². The molecule has 1 nitrogen and oxygen atoms in total. The molecule has 0 fully saturated rings. The fraction of sp³-hybridized carbons (Fsp3) is 0. The summed E-state index contributed by atoms with van der Waals surface area (Å²) in [5.41, 5.74) is 2.67. The summed E-state index contributed by atoms with van der Waals surface area (Å²) in [4.78, 5) is 3.73. The van der Waals surface area contributed by atoms with Gasteiger partial charge in [-0.05, 0) is 10.1 Å². The average Bonchev–Trinajstić information content (AvgIpc) is 1.86. The van der Waals surface area contributed by atoms with Crippen LogP contribution in [-0.2, 0) is 0 Å². The molecule has 0 saturated carbocycles. The minimum atomic E-state index is 0. The number of rotatable bonds is 0. The Morgan fingerprint density at radius 2 is 2.57 bits per heavy atom. The number of nitrogens with zero attached hydrogens (tertiary/aromatic N) is 1. The van der Waals surface area contributed by atoms with Gasteiger partial charge in [0.05, 0.1) is 0 Å². The van der Waals surface area contributed by atoms with Crippen molar-refractivity contribution in [2.24, 2.45) is 0 Å². The second kappa shape index (κ2) is 3.68. The van der Waals surface area contributed by atoms with Gasteiger partial charge in [0.15, 0.2) is 0 Å². The predicted molar refractivity (Wildman–Crippen MR) is 28.6 cm³/mol. The van der Waals surface area contributed by atoms with Gasteiger partial charge in [0.1, 0.15) is 0 Å². The van der Waals surface area contributed by atoms with Crippen LogP contribution < -0.4 is 18.9 Å². The Bertz CT molecular complexity index is 118. The van der Waals surface area contributed by atoms with E-state index in [2.05, 4.69) is 26.4 Å². The molecule has 1 rings (SSSR count). The van der Waals surface area contributed by atoms with E-state index in [1.54, 1.807) is 0 Å². The third-order valence-electron chi connectivity index (χ3n) is 0.361. The second-order valence-electron chi connectivity index (χ2n) is 0.762. The Labute approximate surface area is 66.5 Å². The molecular formula is C3HBrLiNS. The van der Waals surface area contributed by atoms with Crippen LogP contribution in [0.3, 0.4) is 0 Å². The zero-order chi connectivity index (χ0) is 4.41. The van der Waals surface area contributed by atoms with Crippen molar-refractivity contribution in [2.45, 2.75) is 0 Å². The topological polar surface area (TPSA) is 12.9 Å². The first-order valence-electron chi connectivity index (χ1n) is 1.36. The molecule has 0 atom stereocenters. The maximum absolute atomic E-state index is 3.73. The number of thiazole rings is 1. The first kappa shape index (κ1) is 7.71. The predicted octanol–water partition coefficient (Wildman–Crippen LogP) is -1.29. The molecule has 0 N–H and O–H groups in total. The quantitative estimate of drug-likeness (QED) is 0.348. The molecule has 0 aliphatic rings. The molecule has 0 aliphatic carbocycles. The summed E-state index contributed by atoms with van der Waals surface area (Å²) in [5.74, 6) is 0. The number of hydrogen-bond donors (Lipinski definition) is 0. The molecule has 1 aromatic heterocycles. The van der Waals surface area contributed by atoms with Crippen molar-refractivity contribution >= 4 is 27.3 Å². The average molecular weight is 170 g/mol. The maximum Gasteiger partial charge on any atom is 1.00 e. The van der Waals surface area contributed by atoms with Crippen LogP contribution in [-0.4, -0.2) is 4.98 Å². The fourth-order valence-corrected chi connectivity index (χ4v) is 1.01. The van der Waals surface area contributed by atoms with Crippen LogP contribution in [0.1, 0.15) is 0 Å². The molecule has 1 heterocycles. The van der Waals surface area contributed by atoms with E-state index in [0.717, 1.165) is 4.60 Å². The van der Waals surface area contributed by atoms with Crippen LogP contribution in [0.25, 0.3) is 0 Å². The first-order chi connectivity index (χ1) is 2.89. The van der Waals surface area contributed by atoms with Gasteiger partial charge in [-0.1, -0.05) is 0 Å². The van der Waals surface area contributed by atoms with Crippen molar-refractivity contribution < 1.29 is 18.9 Å². The molecule has 7 heavy (non-hydrogen) atoms. The summed E-state index contributed by atoms with van der Waals surface area (Å²) in [6.45, 7) is 0. The maximum atomic E-state index is 3.73. The molecule has 0 amide bonds. The molecule has 0 bridgehead atoms. The number of halogens is 1. The zero-order valence-electron chi connectivity index (χ0n) is 3.81. The van der Waals surface area contributed by atoms with Crippen molar-refractivity contribution in [3.8, 4) is 0 Å². The van der Waals surface area contributed by atoms with Crippen molar-refractivity contribution in [3.05, 3.63) is 15.5 Å². The molecule has 1 aromatic rings. The van der Waals surface area contributed by atoms with Gasteiger partial charge in [-0.25, -0.2) is 0 Å². The van der Waals surface area contributed by atoms with E-state index in [1.165, 1.54) is 11.3 Å². The minimum Gasteiger partial charge on any atom is -0.379 e. The van der Waals surface area contributed by atoms with Crippen LogP contribution in [0.5, 0.6) is 0 Å². The van der Waals surface area contributed by atoms with Gasteiger partial charge in [0.2, 0.25) is 0 Å². The number of aromatic nitrogens is 1. The molecule has 0 aliphatic heterocycles. The summed E-state index contributed by atoms with van der Waals surface area (Å²) in [5, 5.41) is 1.88. The van der Waals surface area contributed by atoms with E-state index in [-0.39, 0.29) is 18.9 Å². The Kier molecular flexibility index (Phi) is 4.05. The Hall–Kier alpha value is 0.707. The van der Waals surface area contributed by atoms with E-state index in [4.69, 9.17) is 0 Å². The van der Waals surface area contributed by atoms with Crippen molar-refractivity contribution in [3.63, 3.8) is 0 Å². The summed E-state index contributed by atoms with van der Waals surface area (Å²) in [6, 6.07) is 0. The number of hydrogen-bond acceptors (Lipinski definition) is 2. The monoisotopic (exact) mass is 169 g/mol. The SMILES string of the molecule is Brc1cs[c-]n1.[Li+]. The fourth-order valence-electron chi connectivity index (χ4n) is 0.171. The molecule has 0 unspecified atom stereocenters. The third-order valence-corrected chi connectivity index (χ3v) is 1.61. The van der Waals surface area contributed by atoms with E-state index in [0.29, 0.717) is 0 Å². The Balaban J connectivity index is 0.000000360. The van der Waals surface area contributed by atoms with Crippen LogP contribution in [0.4, 0.5) is 0 Å². The largest absolute Gasteiger partial charge is 1.00 e.